The Morgan fingerprint density at radius 2 is 2.12 bits per heavy atom. The lowest BCUT2D eigenvalue weighted by Crippen LogP contribution is -2.39. The molecule has 1 saturated carbocycles. The van der Waals surface area contributed by atoms with Gasteiger partial charge in [0.2, 0.25) is 0 Å². The second kappa shape index (κ2) is 4.69. The van der Waals surface area contributed by atoms with Crippen molar-refractivity contribution < 1.29 is 0 Å². The maximum atomic E-state index is 4.66. The molecule has 1 aliphatic carbocycles. The lowest BCUT2D eigenvalue weighted by molar-refractivity contribution is 0.265. The van der Waals surface area contributed by atoms with Gasteiger partial charge in [0.25, 0.3) is 0 Å². The molecule has 0 amide bonds. The van der Waals surface area contributed by atoms with Crippen LogP contribution >= 0.6 is 11.3 Å². The number of nitrogens with one attached hydrogen (secondary N) is 1. The van der Waals surface area contributed by atoms with Crippen LogP contribution in [0, 0.1) is 19.3 Å². The van der Waals surface area contributed by atoms with E-state index >= 15 is 0 Å². The first-order valence-electron chi connectivity index (χ1n) is 6.60. The number of thiazole rings is 1. The first-order valence-corrected chi connectivity index (χ1v) is 7.42. The van der Waals surface area contributed by atoms with Crippen molar-refractivity contribution in [2.24, 2.45) is 5.41 Å². The predicted octanol–water partition coefficient (Wildman–Crippen LogP) is 3.99. The molecule has 0 aliphatic heterocycles. The largest absolute Gasteiger partial charge is 0.305 e. The fraction of sp³-hybridized carbons (Fsp3) is 0.786. The zero-order valence-corrected chi connectivity index (χ0v) is 12.4. The Bertz CT molecular complexity index is 395. The Morgan fingerprint density at radius 3 is 2.59 bits per heavy atom. The second-order valence-corrected chi connectivity index (χ2v) is 7.40. The summed E-state index contributed by atoms with van der Waals surface area (Å²) in [6.45, 7) is 11.3. The molecule has 0 spiro atoms. The lowest BCUT2D eigenvalue weighted by Gasteiger charge is -2.30. The number of aromatic nitrogens is 1. The van der Waals surface area contributed by atoms with Crippen molar-refractivity contribution in [3.05, 3.63) is 15.6 Å². The van der Waals surface area contributed by atoms with E-state index < -0.39 is 0 Å². The SMILES string of the molecule is Cc1nc(C(C)NC2CCCC2(C)C)c(C)s1. The van der Waals surface area contributed by atoms with Gasteiger partial charge in [0.15, 0.2) is 0 Å². The van der Waals surface area contributed by atoms with Crippen LogP contribution in [0.5, 0.6) is 0 Å². The van der Waals surface area contributed by atoms with E-state index in [-0.39, 0.29) is 0 Å². The van der Waals surface area contributed by atoms with Crippen LogP contribution in [0.1, 0.15) is 61.7 Å². The summed E-state index contributed by atoms with van der Waals surface area (Å²) in [5, 5.41) is 4.96. The first-order chi connectivity index (χ1) is 7.90. The van der Waals surface area contributed by atoms with Gasteiger partial charge >= 0.3 is 0 Å². The van der Waals surface area contributed by atoms with Crippen molar-refractivity contribution >= 4 is 11.3 Å². The zero-order chi connectivity index (χ0) is 12.6. The first kappa shape index (κ1) is 13.0. The number of hydrogen-bond donors (Lipinski definition) is 1. The quantitative estimate of drug-likeness (QED) is 0.880. The molecule has 0 bridgehead atoms. The third-order valence-electron chi connectivity index (χ3n) is 4.06. The van der Waals surface area contributed by atoms with Gasteiger partial charge in [-0.05, 0) is 39.0 Å². The van der Waals surface area contributed by atoms with Gasteiger partial charge in [-0.1, -0.05) is 20.3 Å². The van der Waals surface area contributed by atoms with Gasteiger partial charge < -0.3 is 5.32 Å². The molecule has 0 radical (unpaired) electrons. The molecule has 1 heterocycles. The van der Waals surface area contributed by atoms with Crippen LogP contribution in [0.2, 0.25) is 0 Å². The molecule has 2 rings (SSSR count). The van der Waals surface area contributed by atoms with Crippen molar-refractivity contribution in [1.29, 1.82) is 0 Å². The number of nitrogens with zero attached hydrogens (tertiary/aromatic N) is 1. The fourth-order valence-electron chi connectivity index (χ4n) is 2.96. The molecule has 96 valence electrons. The average molecular weight is 252 g/mol. The highest BCUT2D eigenvalue weighted by molar-refractivity contribution is 7.11. The third kappa shape index (κ3) is 2.71. The molecule has 2 atom stereocenters. The Hall–Kier alpha value is -0.410. The Balaban J connectivity index is 2.07. The minimum Gasteiger partial charge on any atom is -0.305 e. The number of rotatable bonds is 3. The molecular weight excluding hydrogens is 228 g/mol. The third-order valence-corrected chi connectivity index (χ3v) is 4.96. The van der Waals surface area contributed by atoms with E-state index in [0.717, 1.165) is 0 Å². The Kier molecular flexibility index (Phi) is 3.60. The molecule has 0 saturated heterocycles. The van der Waals surface area contributed by atoms with Gasteiger partial charge in [-0.2, -0.15) is 0 Å². The highest BCUT2D eigenvalue weighted by Gasteiger charge is 2.35. The molecule has 17 heavy (non-hydrogen) atoms. The van der Waals surface area contributed by atoms with E-state index in [0.29, 0.717) is 17.5 Å². The average Bonchev–Trinajstić information content (AvgIpc) is 2.70. The van der Waals surface area contributed by atoms with Crippen molar-refractivity contribution in [3.63, 3.8) is 0 Å². The van der Waals surface area contributed by atoms with Crippen LogP contribution in [0.3, 0.4) is 0 Å². The summed E-state index contributed by atoms with van der Waals surface area (Å²) < 4.78 is 0. The van der Waals surface area contributed by atoms with Gasteiger partial charge in [-0.3, -0.25) is 0 Å². The molecule has 1 N–H and O–H groups in total. The molecule has 0 aromatic carbocycles. The topological polar surface area (TPSA) is 24.9 Å². The van der Waals surface area contributed by atoms with Crippen LogP contribution in [-0.2, 0) is 0 Å². The maximum Gasteiger partial charge on any atom is 0.0900 e. The van der Waals surface area contributed by atoms with Crippen molar-refractivity contribution in [2.75, 3.05) is 0 Å². The highest BCUT2D eigenvalue weighted by atomic mass is 32.1. The van der Waals surface area contributed by atoms with Gasteiger partial charge in [0, 0.05) is 17.0 Å². The summed E-state index contributed by atoms with van der Waals surface area (Å²) in [5.41, 5.74) is 1.68. The molecule has 2 unspecified atom stereocenters. The summed E-state index contributed by atoms with van der Waals surface area (Å²) in [4.78, 5) is 6.02. The standard InChI is InChI=1S/C14H24N2S/c1-9(13-10(2)17-11(3)16-13)15-12-7-6-8-14(12,4)5/h9,12,15H,6-8H2,1-5H3. The predicted molar refractivity (Wildman–Crippen MR) is 74.6 cm³/mol. The summed E-state index contributed by atoms with van der Waals surface area (Å²) in [7, 11) is 0. The summed E-state index contributed by atoms with van der Waals surface area (Å²) in [5.74, 6) is 0. The number of aryl methyl sites for hydroxylation is 2. The van der Waals surface area contributed by atoms with Gasteiger partial charge in [0.05, 0.1) is 10.7 Å². The van der Waals surface area contributed by atoms with E-state index in [1.807, 2.05) is 0 Å². The molecule has 1 fully saturated rings. The van der Waals surface area contributed by atoms with Crippen molar-refractivity contribution in [3.8, 4) is 0 Å². The fourth-order valence-corrected chi connectivity index (χ4v) is 3.88. The molecule has 1 aromatic heterocycles. The van der Waals surface area contributed by atoms with Crippen LogP contribution in [-0.4, -0.2) is 11.0 Å². The maximum absolute atomic E-state index is 4.66. The van der Waals surface area contributed by atoms with E-state index in [1.54, 1.807) is 11.3 Å². The molecule has 3 heteroatoms. The summed E-state index contributed by atoms with van der Waals surface area (Å²) >= 11 is 1.80. The summed E-state index contributed by atoms with van der Waals surface area (Å²) in [6.07, 6.45) is 4.00. The van der Waals surface area contributed by atoms with Gasteiger partial charge in [-0.15, -0.1) is 11.3 Å². The number of hydrogen-bond acceptors (Lipinski definition) is 3. The minimum absolute atomic E-state index is 0.377. The zero-order valence-electron chi connectivity index (χ0n) is 11.6. The minimum atomic E-state index is 0.377. The second-order valence-electron chi connectivity index (χ2n) is 6.00. The monoisotopic (exact) mass is 252 g/mol. The smallest absolute Gasteiger partial charge is 0.0900 e. The molecule has 2 nitrogen and oxygen atoms in total. The van der Waals surface area contributed by atoms with E-state index in [1.165, 1.54) is 34.8 Å². The Morgan fingerprint density at radius 1 is 1.41 bits per heavy atom. The van der Waals surface area contributed by atoms with Gasteiger partial charge in [0.1, 0.15) is 0 Å². The van der Waals surface area contributed by atoms with Crippen molar-refractivity contribution in [1.82, 2.24) is 10.3 Å². The normalized spacial score (nSPS) is 25.1. The molecular formula is C14H24N2S. The van der Waals surface area contributed by atoms with Gasteiger partial charge in [-0.25, -0.2) is 4.98 Å². The van der Waals surface area contributed by atoms with Crippen LogP contribution in [0.4, 0.5) is 0 Å². The van der Waals surface area contributed by atoms with Crippen LogP contribution < -0.4 is 5.32 Å². The molecule has 1 aliphatic rings. The van der Waals surface area contributed by atoms with Crippen molar-refractivity contribution in [2.45, 2.75) is 66.0 Å². The van der Waals surface area contributed by atoms with E-state index in [4.69, 9.17) is 0 Å². The highest BCUT2D eigenvalue weighted by Crippen LogP contribution is 2.38. The van der Waals surface area contributed by atoms with Crippen LogP contribution in [0.25, 0.3) is 0 Å². The Labute approximate surface area is 109 Å². The van der Waals surface area contributed by atoms with Crippen LogP contribution in [0.15, 0.2) is 0 Å². The van der Waals surface area contributed by atoms with E-state index in [2.05, 4.69) is 44.9 Å². The van der Waals surface area contributed by atoms with E-state index in [9.17, 15) is 0 Å². The molecule has 1 aromatic rings. The lowest BCUT2D eigenvalue weighted by atomic mass is 9.87. The summed E-state index contributed by atoms with van der Waals surface area (Å²) in [6, 6.07) is 1.02.